The summed E-state index contributed by atoms with van der Waals surface area (Å²) in [5, 5.41) is 9.70. The van der Waals surface area contributed by atoms with Crippen molar-refractivity contribution in [1.29, 1.82) is 0 Å². The highest BCUT2D eigenvalue weighted by Crippen LogP contribution is 1.96. The molecule has 1 unspecified atom stereocenters. The predicted molar refractivity (Wildman–Crippen MR) is 30.7 cm³/mol. The Bertz CT molecular complexity index is 64.9. The molecule has 0 aromatic heterocycles. The molecule has 0 aromatic rings. The fourth-order valence-electron chi connectivity index (χ4n) is 0.451. The highest BCUT2D eigenvalue weighted by molar-refractivity contribution is 4.84. The Labute approximate surface area is 49.7 Å². The minimum absolute atomic E-state index is 0.236. The maximum absolute atomic E-state index is 9.70. The standard InChI is InChI=1S/C6H11O2/c1-3-5-6(4-2)8-7/h3,5-6H,4H2,1-2H3/b5-3+. The van der Waals surface area contributed by atoms with E-state index in [-0.39, 0.29) is 6.10 Å². The smallest absolute Gasteiger partial charge is 0.114 e. The average molecular weight is 115 g/mol. The Kier molecular flexibility index (Phi) is 4.61. The molecule has 0 aromatic carbocycles. The third-order valence-corrected chi connectivity index (χ3v) is 0.933. The van der Waals surface area contributed by atoms with Gasteiger partial charge in [0.15, 0.2) is 0 Å². The largest absolute Gasteiger partial charge is 0.196 e. The molecule has 0 bridgehead atoms. The summed E-state index contributed by atoms with van der Waals surface area (Å²) >= 11 is 0. The highest BCUT2D eigenvalue weighted by atomic mass is 17.1. The van der Waals surface area contributed by atoms with Crippen molar-refractivity contribution >= 4 is 0 Å². The van der Waals surface area contributed by atoms with E-state index >= 15 is 0 Å². The quantitative estimate of drug-likeness (QED) is 0.312. The van der Waals surface area contributed by atoms with Crippen LogP contribution in [0.3, 0.4) is 0 Å². The van der Waals surface area contributed by atoms with E-state index in [1.165, 1.54) is 0 Å². The summed E-state index contributed by atoms with van der Waals surface area (Å²) in [5.74, 6) is 0. The van der Waals surface area contributed by atoms with E-state index in [0.717, 1.165) is 6.42 Å². The van der Waals surface area contributed by atoms with Gasteiger partial charge in [-0.05, 0) is 18.6 Å². The van der Waals surface area contributed by atoms with Crippen molar-refractivity contribution in [3.8, 4) is 0 Å². The summed E-state index contributed by atoms with van der Waals surface area (Å²) in [6.45, 7) is 3.77. The molecule has 47 valence electrons. The van der Waals surface area contributed by atoms with Gasteiger partial charge in [0, 0.05) is 0 Å². The fourth-order valence-corrected chi connectivity index (χ4v) is 0.451. The minimum Gasteiger partial charge on any atom is -0.196 e. The molecule has 0 aliphatic rings. The Hall–Kier alpha value is -0.340. The lowest BCUT2D eigenvalue weighted by molar-refractivity contribution is -0.324. The van der Waals surface area contributed by atoms with Gasteiger partial charge < -0.3 is 0 Å². The van der Waals surface area contributed by atoms with Crippen LogP contribution in [0.1, 0.15) is 20.3 Å². The van der Waals surface area contributed by atoms with Crippen LogP contribution in [0.25, 0.3) is 0 Å². The van der Waals surface area contributed by atoms with Crippen LogP contribution >= 0.6 is 0 Å². The lowest BCUT2D eigenvalue weighted by Gasteiger charge is -1.99. The normalized spacial score (nSPS) is 14.9. The average Bonchev–Trinajstić information content (AvgIpc) is 1.83. The van der Waals surface area contributed by atoms with Gasteiger partial charge in [-0.15, -0.1) is 0 Å². The van der Waals surface area contributed by atoms with E-state index in [4.69, 9.17) is 0 Å². The summed E-state index contributed by atoms with van der Waals surface area (Å²) < 4.78 is 0. The van der Waals surface area contributed by atoms with E-state index in [2.05, 4.69) is 4.89 Å². The molecule has 0 aliphatic carbocycles. The predicted octanol–water partition coefficient (Wildman–Crippen LogP) is 1.70. The van der Waals surface area contributed by atoms with Crippen LogP contribution in [0.5, 0.6) is 0 Å². The molecule has 8 heavy (non-hydrogen) atoms. The Morgan fingerprint density at radius 3 is 2.50 bits per heavy atom. The van der Waals surface area contributed by atoms with Gasteiger partial charge in [0.25, 0.3) is 0 Å². The molecule has 0 spiro atoms. The zero-order valence-corrected chi connectivity index (χ0v) is 5.26. The number of hydrogen-bond acceptors (Lipinski definition) is 1. The minimum atomic E-state index is -0.236. The van der Waals surface area contributed by atoms with Gasteiger partial charge in [-0.2, -0.15) is 4.89 Å². The van der Waals surface area contributed by atoms with Gasteiger partial charge in [-0.1, -0.05) is 19.1 Å². The summed E-state index contributed by atoms with van der Waals surface area (Å²) in [5.41, 5.74) is 0. The molecule has 0 heterocycles. The van der Waals surface area contributed by atoms with Crippen LogP contribution in [-0.2, 0) is 10.1 Å². The second-order valence-corrected chi connectivity index (χ2v) is 1.57. The molecule has 0 amide bonds. The number of allylic oxidation sites excluding steroid dienone is 1. The van der Waals surface area contributed by atoms with E-state index in [1.54, 1.807) is 6.08 Å². The van der Waals surface area contributed by atoms with Gasteiger partial charge in [0.05, 0.1) is 0 Å². The molecule has 1 radical (unpaired) electrons. The van der Waals surface area contributed by atoms with Crippen molar-refractivity contribution in [2.45, 2.75) is 26.4 Å². The van der Waals surface area contributed by atoms with Crippen molar-refractivity contribution < 1.29 is 10.1 Å². The van der Waals surface area contributed by atoms with Crippen LogP contribution in [0.4, 0.5) is 0 Å². The first-order valence-corrected chi connectivity index (χ1v) is 2.76. The molecule has 0 saturated heterocycles. The Morgan fingerprint density at radius 1 is 1.75 bits per heavy atom. The first-order valence-electron chi connectivity index (χ1n) is 2.76. The summed E-state index contributed by atoms with van der Waals surface area (Å²) in [6, 6.07) is 0. The topological polar surface area (TPSA) is 29.1 Å². The highest BCUT2D eigenvalue weighted by Gasteiger charge is 1.97. The monoisotopic (exact) mass is 115 g/mol. The van der Waals surface area contributed by atoms with Gasteiger partial charge in [-0.3, -0.25) is 0 Å². The number of rotatable bonds is 3. The fraction of sp³-hybridized carbons (Fsp3) is 0.667. The van der Waals surface area contributed by atoms with Crippen LogP contribution in [0.15, 0.2) is 12.2 Å². The van der Waals surface area contributed by atoms with E-state index in [0.29, 0.717) is 0 Å². The maximum atomic E-state index is 9.70. The molecule has 0 N–H and O–H groups in total. The molecule has 0 saturated carbocycles. The maximum Gasteiger partial charge on any atom is 0.114 e. The molecule has 0 fully saturated rings. The third kappa shape index (κ3) is 2.77. The molecular formula is C6H11O2. The first kappa shape index (κ1) is 7.66. The van der Waals surface area contributed by atoms with Crippen molar-refractivity contribution in [3.05, 3.63) is 12.2 Å². The van der Waals surface area contributed by atoms with E-state index in [1.807, 2.05) is 19.9 Å². The summed E-state index contributed by atoms with van der Waals surface area (Å²) in [4.78, 5) is 3.80. The van der Waals surface area contributed by atoms with Crippen LogP contribution in [0.2, 0.25) is 0 Å². The SMILES string of the molecule is C/C=C/C(CC)O[O]. The third-order valence-electron chi connectivity index (χ3n) is 0.933. The molecule has 2 nitrogen and oxygen atoms in total. The van der Waals surface area contributed by atoms with Crippen molar-refractivity contribution in [3.63, 3.8) is 0 Å². The zero-order valence-electron chi connectivity index (χ0n) is 5.26. The van der Waals surface area contributed by atoms with E-state index in [9.17, 15) is 5.26 Å². The molecule has 0 rings (SSSR count). The van der Waals surface area contributed by atoms with E-state index < -0.39 is 0 Å². The molecule has 0 aliphatic heterocycles. The van der Waals surface area contributed by atoms with Gasteiger partial charge in [0.1, 0.15) is 6.10 Å². The molecule has 2 heteroatoms. The number of hydrogen-bond donors (Lipinski definition) is 0. The second-order valence-electron chi connectivity index (χ2n) is 1.57. The first-order chi connectivity index (χ1) is 3.85. The van der Waals surface area contributed by atoms with Crippen LogP contribution in [0, 0.1) is 0 Å². The van der Waals surface area contributed by atoms with Crippen molar-refractivity contribution in [1.82, 2.24) is 0 Å². The Morgan fingerprint density at radius 2 is 2.38 bits per heavy atom. The Balaban J connectivity index is 3.36. The zero-order chi connectivity index (χ0) is 6.41. The molecular weight excluding hydrogens is 104 g/mol. The van der Waals surface area contributed by atoms with Crippen LogP contribution in [-0.4, -0.2) is 6.10 Å². The lowest BCUT2D eigenvalue weighted by atomic mass is 10.3. The summed E-state index contributed by atoms with van der Waals surface area (Å²) in [6.07, 6.45) is 4.06. The summed E-state index contributed by atoms with van der Waals surface area (Å²) in [7, 11) is 0. The van der Waals surface area contributed by atoms with Gasteiger partial charge in [0.2, 0.25) is 0 Å². The lowest BCUT2D eigenvalue weighted by Crippen LogP contribution is -2.02. The van der Waals surface area contributed by atoms with Crippen molar-refractivity contribution in [2.24, 2.45) is 0 Å². The molecule has 1 atom stereocenters. The second kappa shape index (κ2) is 4.81. The van der Waals surface area contributed by atoms with Gasteiger partial charge in [-0.25, -0.2) is 0 Å². The van der Waals surface area contributed by atoms with Crippen molar-refractivity contribution in [2.75, 3.05) is 0 Å². The van der Waals surface area contributed by atoms with Crippen LogP contribution < -0.4 is 0 Å². The van der Waals surface area contributed by atoms with Gasteiger partial charge >= 0.3 is 0 Å².